The van der Waals surface area contributed by atoms with Gasteiger partial charge in [-0.05, 0) is 13.0 Å². The van der Waals surface area contributed by atoms with Crippen LogP contribution in [0.2, 0.25) is 5.02 Å². The van der Waals surface area contributed by atoms with E-state index >= 15 is 0 Å². The second kappa shape index (κ2) is 6.13. The molecule has 0 aliphatic heterocycles. The molecule has 0 aromatic carbocycles. The van der Waals surface area contributed by atoms with Gasteiger partial charge in [-0.25, -0.2) is 22.5 Å². The van der Waals surface area contributed by atoms with E-state index in [4.69, 9.17) is 11.6 Å². The SMILES string of the molecule is CCNc1ncc(S(=O)(=O)NCCF)cc1Cl. The van der Waals surface area contributed by atoms with Crippen molar-refractivity contribution in [1.29, 1.82) is 0 Å². The second-order valence-electron chi connectivity index (χ2n) is 3.12. The van der Waals surface area contributed by atoms with Crippen molar-refractivity contribution >= 4 is 27.4 Å². The van der Waals surface area contributed by atoms with E-state index in [1.165, 1.54) is 12.3 Å². The fourth-order valence-corrected chi connectivity index (χ4v) is 2.40. The Bertz CT molecular complexity index is 481. The minimum Gasteiger partial charge on any atom is -0.369 e. The van der Waals surface area contributed by atoms with E-state index in [1.807, 2.05) is 6.92 Å². The molecular weight excluding hydrogens is 269 g/mol. The molecule has 0 bridgehead atoms. The van der Waals surface area contributed by atoms with Gasteiger partial charge in [0.1, 0.15) is 17.4 Å². The first-order valence-electron chi connectivity index (χ1n) is 4.96. The highest BCUT2D eigenvalue weighted by molar-refractivity contribution is 7.89. The number of rotatable bonds is 6. The number of halogens is 2. The molecule has 0 aliphatic carbocycles. The van der Waals surface area contributed by atoms with Crippen LogP contribution in [0.4, 0.5) is 10.2 Å². The average molecular weight is 282 g/mol. The lowest BCUT2D eigenvalue weighted by molar-refractivity contribution is 0.486. The summed E-state index contributed by atoms with van der Waals surface area (Å²) in [4.78, 5) is 3.80. The monoisotopic (exact) mass is 281 g/mol. The van der Waals surface area contributed by atoms with Crippen LogP contribution in [-0.4, -0.2) is 33.2 Å². The number of hydrogen-bond acceptors (Lipinski definition) is 4. The summed E-state index contributed by atoms with van der Waals surface area (Å²) in [7, 11) is -3.74. The largest absolute Gasteiger partial charge is 0.369 e. The number of pyridine rings is 1. The van der Waals surface area contributed by atoms with Crippen LogP contribution in [0.15, 0.2) is 17.2 Å². The van der Waals surface area contributed by atoms with Crippen LogP contribution in [0.5, 0.6) is 0 Å². The Morgan fingerprint density at radius 3 is 2.76 bits per heavy atom. The van der Waals surface area contributed by atoms with Gasteiger partial charge in [-0.1, -0.05) is 11.6 Å². The Morgan fingerprint density at radius 1 is 1.53 bits per heavy atom. The molecule has 5 nitrogen and oxygen atoms in total. The topological polar surface area (TPSA) is 71.1 Å². The van der Waals surface area contributed by atoms with Crippen molar-refractivity contribution in [2.24, 2.45) is 0 Å². The zero-order valence-corrected chi connectivity index (χ0v) is 10.8. The fraction of sp³-hybridized carbons (Fsp3) is 0.444. The Kier molecular flexibility index (Phi) is 5.10. The third-order valence-electron chi connectivity index (χ3n) is 1.86. The molecule has 0 aliphatic rings. The standard InChI is InChI=1S/C9H13ClFN3O2S/c1-2-12-9-8(10)5-7(6-13-9)17(15,16)14-4-3-11/h5-6,14H,2-4H2,1H3,(H,12,13). The van der Waals surface area contributed by atoms with Crippen molar-refractivity contribution in [3.05, 3.63) is 17.3 Å². The van der Waals surface area contributed by atoms with Crippen molar-refractivity contribution in [1.82, 2.24) is 9.71 Å². The molecule has 17 heavy (non-hydrogen) atoms. The van der Waals surface area contributed by atoms with Crippen molar-refractivity contribution in [2.75, 3.05) is 25.1 Å². The summed E-state index contributed by atoms with van der Waals surface area (Å²) in [6.07, 6.45) is 1.17. The summed E-state index contributed by atoms with van der Waals surface area (Å²) in [6.45, 7) is 1.45. The number of nitrogens with zero attached hydrogens (tertiary/aromatic N) is 1. The minimum atomic E-state index is -3.74. The summed E-state index contributed by atoms with van der Waals surface area (Å²) >= 11 is 5.86. The Balaban J connectivity index is 2.96. The number of aromatic nitrogens is 1. The lowest BCUT2D eigenvalue weighted by atomic mass is 10.4. The molecule has 1 aromatic rings. The zero-order chi connectivity index (χ0) is 12.9. The zero-order valence-electron chi connectivity index (χ0n) is 9.20. The minimum absolute atomic E-state index is 0.0856. The first-order chi connectivity index (χ1) is 8.01. The van der Waals surface area contributed by atoms with Crippen LogP contribution >= 0.6 is 11.6 Å². The normalized spacial score (nSPS) is 11.5. The van der Waals surface area contributed by atoms with Crippen molar-refractivity contribution < 1.29 is 12.8 Å². The first-order valence-corrected chi connectivity index (χ1v) is 6.82. The molecule has 0 spiro atoms. The van der Waals surface area contributed by atoms with Crippen LogP contribution in [0.25, 0.3) is 0 Å². The summed E-state index contributed by atoms with van der Waals surface area (Å²) in [6, 6.07) is 1.27. The summed E-state index contributed by atoms with van der Waals surface area (Å²) in [5, 5.41) is 3.08. The molecule has 0 amide bonds. The number of hydrogen-bond donors (Lipinski definition) is 2. The van der Waals surface area contributed by atoms with E-state index in [9.17, 15) is 12.8 Å². The van der Waals surface area contributed by atoms with Gasteiger partial charge in [0.05, 0.1) is 5.02 Å². The quantitative estimate of drug-likeness (QED) is 0.827. The molecule has 0 saturated carbocycles. The third kappa shape index (κ3) is 3.79. The van der Waals surface area contributed by atoms with Gasteiger partial charge in [-0.15, -0.1) is 0 Å². The van der Waals surface area contributed by atoms with E-state index < -0.39 is 16.7 Å². The van der Waals surface area contributed by atoms with Crippen LogP contribution < -0.4 is 10.0 Å². The van der Waals surface area contributed by atoms with Crippen molar-refractivity contribution in [3.8, 4) is 0 Å². The van der Waals surface area contributed by atoms with Crippen molar-refractivity contribution in [2.45, 2.75) is 11.8 Å². The number of alkyl halides is 1. The molecule has 1 rings (SSSR count). The van der Waals surface area contributed by atoms with E-state index in [-0.39, 0.29) is 16.5 Å². The molecule has 0 fully saturated rings. The molecule has 96 valence electrons. The smallest absolute Gasteiger partial charge is 0.242 e. The summed E-state index contributed by atoms with van der Waals surface area (Å²) in [5.41, 5.74) is 0. The number of sulfonamides is 1. The lowest BCUT2D eigenvalue weighted by Crippen LogP contribution is -2.26. The second-order valence-corrected chi connectivity index (χ2v) is 5.29. The van der Waals surface area contributed by atoms with Gasteiger partial charge in [0.15, 0.2) is 0 Å². The lowest BCUT2D eigenvalue weighted by Gasteiger charge is -2.08. The van der Waals surface area contributed by atoms with Crippen LogP contribution in [0.1, 0.15) is 6.92 Å². The van der Waals surface area contributed by atoms with Crippen LogP contribution in [0.3, 0.4) is 0 Å². The number of anilines is 1. The first kappa shape index (κ1) is 14.1. The Hall–Kier alpha value is -0.920. The maximum atomic E-state index is 11.9. The summed E-state index contributed by atoms with van der Waals surface area (Å²) in [5.74, 6) is 0.415. The molecule has 1 heterocycles. The van der Waals surface area contributed by atoms with Gasteiger partial charge in [-0.2, -0.15) is 0 Å². The average Bonchev–Trinajstić information content (AvgIpc) is 2.29. The maximum Gasteiger partial charge on any atom is 0.242 e. The molecule has 8 heteroatoms. The molecule has 0 unspecified atom stereocenters. The summed E-state index contributed by atoms with van der Waals surface area (Å²) < 4.78 is 37.2. The van der Waals surface area contributed by atoms with Gasteiger partial charge < -0.3 is 5.32 Å². The van der Waals surface area contributed by atoms with E-state index in [0.717, 1.165) is 0 Å². The predicted octanol–water partition coefficient (Wildman–Crippen LogP) is 1.41. The molecule has 2 N–H and O–H groups in total. The Labute approximate surface area is 104 Å². The van der Waals surface area contributed by atoms with Gasteiger partial charge in [0.25, 0.3) is 0 Å². The highest BCUT2D eigenvalue weighted by Gasteiger charge is 2.15. The van der Waals surface area contributed by atoms with Crippen LogP contribution in [0, 0.1) is 0 Å². The highest BCUT2D eigenvalue weighted by Crippen LogP contribution is 2.22. The van der Waals surface area contributed by atoms with E-state index in [0.29, 0.717) is 12.4 Å². The molecular formula is C9H13ClFN3O2S. The van der Waals surface area contributed by atoms with Gasteiger partial charge in [0.2, 0.25) is 10.0 Å². The number of nitrogens with one attached hydrogen (secondary N) is 2. The molecule has 1 aromatic heterocycles. The van der Waals surface area contributed by atoms with E-state index in [1.54, 1.807) is 0 Å². The maximum absolute atomic E-state index is 11.9. The van der Waals surface area contributed by atoms with Crippen molar-refractivity contribution in [3.63, 3.8) is 0 Å². The van der Waals surface area contributed by atoms with Gasteiger partial charge in [0, 0.05) is 19.3 Å². The van der Waals surface area contributed by atoms with Gasteiger partial charge in [-0.3, -0.25) is 0 Å². The highest BCUT2D eigenvalue weighted by atomic mass is 35.5. The molecule has 0 radical (unpaired) electrons. The predicted molar refractivity (Wildman–Crippen MR) is 64.6 cm³/mol. The molecule has 0 saturated heterocycles. The third-order valence-corrected chi connectivity index (χ3v) is 3.57. The fourth-order valence-electron chi connectivity index (χ4n) is 1.12. The van der Waals surface area contributed by atoms with E-state index in [2.05, 4.69) is 15.0 Å². The van der Waals surface area contributed by atoms with Gasteiger partial charge >= 0.3 is 0 Å². The van der Waals surface area contributed by atoms with Crippen LogP contribution in [-0.2, 0) is 10.0 Å². The Morgan fingerprint density at radius 2 is 2.24 bits per heavy atom. The molecule has 0 atom stereocenters.